The predicted molar refractivity (Wildman–Crippen MR) is 55.3 cm³/mol. The van der Waals surface area contributed by atoms with Crippen LogP contribution in [0, 0.1) is 6.92 Å². The van der Waals surface area contributed by atoms with Crippen molar-refractivity contribution in [3.63, 3.8) is 0 Å². The molecule has 84 valence electrons. The van der Waals surface area contributed by atoms with E-state index in [0.29, 0.717) is 5.56 Å². The maximum absolute atomic E-state index is 12.5. The molecule has 4 heteroatoms. The zero-order valence-electron chi connectivity index (χ0n) is 8.74. The lowest BCUT2D eigenvalue weighted by Gasteiger charge is -2.15. The van der Waals surface area contributed by atoms with E-state index < -0.39 is 11.7 Å². The molecule has 0 bridgehead atoms. The van der Waals surface area contributed by atoms with Crippen LogP contribution in [0.25, 0.3) is 0 Å². The van der Waals surface area contributed by atoms with Crippen molar-refractivity contribution in [2.24, 2.45) is 0 Å². The summed E-state index contributed by atoms with van der Waals surface area (Å²) in [5.74, 6) is 0.171. The minimum Gasteiger partial charge on any atom is -0.166 e. The molecular weight excluding hydrogens is 225 g/mol. The first-order chi connectivity index (χ1) is 6.73. The summed E-state index contributed by atoms with van der Waals surface area (Å²) in [6.45, 7) is 5.51. The third-order valence-electron chi connectivity index (χ3n) is 2.28. The van der Waals surface area contributed by atoms with Crippen molar-refractivity contribution in [2.75, 3.05) is 0 Å². The summed E-state index contributed by atoms with van der Waals surface area (Å²) in [4.78, 5) is 0. The largest absolute Gasteiger partial charge is 0.417 e. The van der Waals surface area contributed by atoms with Gasteiger partial charge in [-0.25, -0.2) is 0 Å². The Morgan fingerprint density at radius 2 is 1.73 bits per heavy atom. The van der Waals surface area contributed by atoms with Gasteiger partial charge >= 0.3 is 6.18 Å². The van der Waals surface area contributed by atoms with Gasteiger partial charge in [0.25, 0.3) is 0 Å². The summed E-state index contributed by atoms with van der Waals surface area (Å²) < 4.78 is 37.4. The molecule has 0 N–H and O–H groups in total. The van der Waals surface area contributed by atoms with E-state index in [1.54, 1.807) is 6.92 Å². The minimum absolute atomic E-state index is 0.171. The molecule has 0 saturated heterocycles. The van der Waals surface area contributed by atoms with Gasteiger partial charge in [-0.3, -0.25) is 0 Å². The summed E-state index contributed by atoms with van der Waals surface area (Å²) in [5.41, 5.74) is 0.723. The van der Waals surface area contributed by atoms with Gasteiger partial charge in [0.1, 0.15) is 0 Å². The van der Waals surface area contributed by atoms with Crippen LogP contribution in [-0.2, 0) is 6.18 Å². The smallest absolute Gasteiger partial charge is 0.166 e. The lowest BCUT2D eigenvalue weighted by atomic mass is 9.96. The number of halogens is 4. The quantitative estimate of drug-likeness (QED) is 0.658. The molecule has 1 aromatic carbocycles. The van der Waals surface area contributed by atoms with Gasteiger partial charge in [0.15, 0.2) is 0 Å². The molecule has 0 aliphatic carbocycles. The first-order valence-corrected chi connectivity index (χ1v) is 4.98. The maximum Gasteiger partial charge on any atom is 0.417 e. The van der Waals surface area contributed by atoms with Crippen LogP contribution < -0.4 is 0 Å². The molecule has 0 unspecified atom stereocenters. The van der Waals surface area contributed by atoms with Crippen molar-refractivity contribution in [1.29, 1.82) is 0 Å². The second kappa shape index (κ2) is 4.05. The molecular formula is C11H12ClF3. The van der Waals surface area contributed by atoms with Crippen LogP contribution in [0.2, 0.25) is 5.02 Å². The third kappa shape index (κ3) is 2.65. The van der Waals surface area contributed by atoms with Gasteiger partial charge in [0.05, 0.1) is 10.6 Å². The molecule has 0 saturated carbocycles. The van der Waals surface area contributed by atoms with E-state index in [1.165, 1.54) is 6.07 Å². The van der Waals surface area contributed by atoms with Gasteiger partial charge in [0.2, 0.25) is 0 Å². The van der Waals surface area contributed by atoms with Gasteiger partial charge in [-0.1, -0.05) is 25.4 Å². The number of rotatable bonds is 1. The van der Waals surface area contributed by atoms with Crippen molar-refractivity contribution in [1.82, 2.24) is 0 Å². The highest BCUT2D eigenvalue weighted by atomic mass is 35.5. The van der Waals surface area contributed by atoms with Crippen molar-refractivity contribution in [2.45, 2.75) is 32.9 Å². The summed E-state index contributed by atoms with van der Waals surface area (Å²) in [6, 6.07) is 2.52. The molecule has 1 rings (SSSR count). The fraction of sp³-hybridized carbons (Fsp3) is 0.455. The summed E-state index contributed by atoms with van der Waals surface area (Å²) in [7, 11) is 0. The Morgan fingerprint density at radius 1 is 1.20 bits per heavy atom. The topological polar surface area (TPSA) is 0 Å². The highest BCUT2D eigenvalue weighted by molar-refractivity contribution is 6.31. The first-order valence-electron chi connectivity index (χ1n) is 4.60. The average Bonchev–Trinajstić information content (AvgIpc) is 2.06. The van der Waals surface area contributed by atoms with E-state index in [0.717, 1.165) is 11.6 Å². The number of aryl methyl sites for hydroxylation is 1. The summed E-state index contributed by atoms with van der Waals surface area (Å²) >= 11 is 5.61. The predicted octanol–water partition coefficient (Wildman–Crippen LogP) is 4.79. The Balaban J connectivity index is 3.32. The summed E-state index contributed by atoms with van der Waals surface area (Å²) in [6.07, 6.45) is -4.38. The van der Waals surface area contributed by atoms with Gasteiger partial charge in [-0.05, 0) is 36.1 Å². The standard InChI is InChI=1S/C11H12ClF3/c1-6(2)8-5-10(12)9(4-7(8)3)11(13,14)15/h4-6H,1-3H3. The van der Waals surface area contributed by atoms with E-state index >= 15 is 0 Å². The molecule has 0 heterocycles. The second-order valence-electron chi connectivity index (χ2n) is 3.84. The molecule has 0 atom stereocenters. The fourth-order valence-corrected chi connectivity index (χ4v) is 1.82. The first kappa shape index (κ1) is 12.4. The molecule has 0 nitrogen and oxygen atoms in total. The van der Waals surface area contributed by atoms with Crippen LogP contribution >= 0.6 is 11.6 Å². The van der Waals surface area contributed by atoms with Crippen molar-refractivity contribution >= 4 is 11.6 Å². The maximum atomic E-state index is 12.5. The molecule has 0 radical (unpaired) electrons. The lowest BCUT2D eigenvalue weighted by molar-refractivity contribution is -0.137. The highest BCUT2D eigenvalue weighted by Gasteiger charge is 2.33. The van der Waals surface area contributed by atoms with E-state index in [1.807, 2.05) is 13.8 Å². The van der Waals surface area contributed by atoms with Crippen molar-refractivity contribution in [3.8, 4) is 0 Å². The molecule has 0 spiro atoms. The number of benzene rings is 1. The van der Waals surface area contributed by atoms with E-state index in [-0.39, 0.29) is 10.9 Å². The zero-order chi connectivity index (χ0) is 11.8. The Labute approximate surface area is 92.1 Å². The van der Waals surface area contributed by atoms with Crippen LogP contribution in [-0.4, -0.2) is 0 Å². The fourth-order valence-electron chi connectivity index (χ4n) is 1.54. The third-order valence-corrected chi connectivity index (χ3v) is 2.60. The molecule has 0 fully saturated rings. The molecule has 0 amide bonds. The SMILES string of the molecule is Cc1cc(C(F)(F)F)c(Cl)cc1C(C)C. The van der Waals surface area contributed by atoms with Crippen molar-refractivity contribution < 1.29 is 13.2 Å². The molecule has 0 aliphatic rings. The Bertz CT molecular complexity index is 367. The number of hydrogen-bond donors (Lipinski definition) is 0. The molecule has 0 aliphatic heterocycles. The van der Waals surface area contributed by atoms with Crippen molar-refractivity contribution in [3.05, 3.63) is 33.8 Å². The summed E-state index contributed by atoms with van der Waals surface area (Å²) in [5, 5.41) is -0.225. The van der Waals surface area contributed by atoms with Gasteiger partial charge in [0, 0.05) is 0 Å². The van der Waals surface area contributed by atoms with E-state index in [2.05, 4.69) is 0 Å². The van der Waals surface area contributed by atoms with Gasteiger partial charge < -0.3 is 0 Å². The minimum atomic E-state index is -4.38. The lowest BCUT2D eigenvalue weighted by Crippen LogP contribution is -2.07. The Morgan fingerprint density at radius 3 is 2.13 bits per heavy atom. The monoisotopic (exact) mass is 236 g/mol. The van der Waals surface area contributed by atoms with Crippen LogP contribution in [0.3, 0.4) is 0 Å². The van der Waals surface area contributed by atoms with Gasteiger partial charge in [-0.2, -0.15) is 13.2 Å². The average molecular weight is 237 g/mol. The van der Waals surface area contributed by atoms with Crippen LogP contribution in [0.5, 0.6) is 0 Å². The molecule has 0 aromatic heterocycles. The molecule has 1 aromatic rings. The van der Waals surface area contributed by atoms with Gasteiger partial charge in [-0.15, -0.1) is 0 Å². The zero-order valence-corrected chi connectivity index (χ0v) is 9.50. The van der Waals surface area contributed by atoms with Crippen LogP contribution in [0.4, 0.5) is 13.2 Å². The van der Waals surface area contributed by atoms with Crippen LogP contribution in [0.1, 0.15) is 36.5 Å². The van der Waals surface area contributed by atoms with E-state index in [9.17, 15) is 13.2 Å². The van der Waals surface area contributed by atoms with Crippen LogP contribution in [0.15, 0.2) is 12.1 Å². The Hall–Kier alpha value is -0.700. The second-order valence-corrected chi connectivity index (χ2v) is 4.25. The Kier molecular flexibility index (Phi) is 3.34. The normalized spacial score (nSPS) is 12.3. The number of alkyl halides is 3. The van der Waals surface area contributed by atoms with E-state index in [4.69, 9.17) is 11.6 Å². The highest BCUT2D eigenvalue weighted by Crippen LogP contribution is 2.37. The molecule has 15 heavy (non-hydrogen) atoms. The number of hydrogen-bond acceptors (Lipinski definition) is 0.